The maximum Gasteiger partial charge on any atom is 0.146 e. The second-order valence-electron chi connectivity index (χ2n) is 2.63. The standard InChI is InChI=1S/C9H11FN2/c1-3-7-4-8(10)9(6(2)11)12-5-7/h3-6H,1,11H2,2H3/t6-/m0/s1. The van der Waals surface area contributed by atoms with Gasteiger partial charge in [0.25, 0.3) is 0 Å². The maximum absolute atomic E-state index is 13.1. The minimum Gasteiger partial charge on any atom is -0.323 e. The third-order valence-corrected chi connectivity index (χ3v) is 1.56. The number of pyridine rings is 1. The van der Waals surface area contributed by atoms with Crippen LogP contribution in [0.3, 0.4) is 0 Å². The summed E-state index contributed by atoms with van der Waals surface area (Å²) in [6.45, 7) is 5.20. The Labute approximate surface area is 70.9 Å². The number of halogens is 1. The van der Waals surface area contributed by atoms with Crippen molar-refractivity contribution < 1.29 is 4.39 Å². The highest BCUT2D eigenvalue weighted by Gasteiger charge is 2.07. The largest absolute Gasteiger partial charge is 0.323 e. The van der Waals surface area contributed by atoms with Gasteiger partial charge in [-0.2, -0.15) is 0 Å². The zero-order valence-electron chi connectivity index (χ0n) is 6.92. The quantitative estimate of drug-likeness (QED) is 0.728. The lowest BCUT2D eigenvalue weighted by molar-refractivity contribution is 0.579. The van der Waals surface area contributed by atoms with E-state index in [-0.39, 0.29) is 11.9 Å². The molecule has 3 heteroatoms. The van der Waals surface area contributed by atoms with Gasteiger partial charge < -0.3 is 5.73 Å². The van der Waals surface area contributed by atoms with Crippen LogP contribution >= 0.6 is 0 Å². The van der Waals surface area contributed by atoms with Crippen LogP contribution in [0.5, 0.6) is 0 Å². The summed E-state index contributed by atoms with van der Waals surface area (Å²) < 4.78 is 13.1. The molecule has 0 unspecified atom stereocenters. The monoisotopic (exact) mass is 166 g/mol. The third kappa shape index (κ3) is 1.68. The maximum atomic E-state index is 13.1. The third-order valence-electron chi connectivity index (χ3n) is 1.56. The summed E-state index contributed by atoms with van der Waals surface area (Å²) in [4.78, 5) is 3.88. The molecule has 1 aromatic heterocycles. The first kappa shape index (κ1) is 8.87. The molecule has 0 fully saturated rings. The molecule has 0 aliphatic rings. The van der Waals surface area contributed by atoms with E-state index < -0.39 is 0 Å². The Kier molecular flexibility index (Phi) is 2.55. The molecule has 0 amide bonds. The van der Waals surface area contributed by atoms with Gasteiger partial charge in [-0.05, 0) is 18.6 Å². The summed E-state index contributed by atoms with van der Waals surface area (Å²) >= 11 is 0. The van der Waals surface area contributed by atoms with E-state index in [2.05, 4.69) is 11.6 Å². The highest BCUT2D eigenvalue weighted by atomic mass is 19.1. The Morgan fingerprint density at radius 2 is 2.42 bits per heavy atom. The molecule has 1 aromatic rings. The van der Waals surface area contributed by atoms with Crippen LogP contribution < -0.4 is 5.73 Å². The van der Waals surface area contributed by atoms with Gasteiger partial charge in [-0.3, -0.25) is 4.98 Å². The van der Waals surface area contributed by atoms with Gasteiger partial charge in [0, 0.05) is 12.2 Å². The fourth-order valence-electron chi connectivity index (χ4n) is 0.910. The minimum atomic E-state index is -0.373. The molecular weight excluding hydrogens is 155 g/mol. The normalized spacial score (nSPS) is 12.6. The van der Waals surface area contributed by atoms with E-state index in [1.54, 1.807) is 19.2 Å². The highest BCUT2D eigenvalue weighted by Crippen LogP contribution is 2.13. The van der Waals surface area contributed by atoms with Crippen molar-refractivity contribution >= 4 is 6.08 Å². The minimum absolute atomic E-state index is 0.292. The van der Waals surface area contributed by atoms with Crippen molar-refractivity contribution in [3.63, 3.8) is 0 Å². The van der Waals surface area contributed by atoms with Gasteiger partial charge in [0.2, 0.25) is 0 Å². The Hall–Kier alpha value is -1.22. The van der Waals surface area contributed by atoms with Gasteiger partial charge in [-0.1, -0.05) is 12.7 Å². The molecule has 0 saturated heterocycles. The van der Waals surface area contributed by atoms with Gasteiger partial charge in [0.15, 0.2) is 0 Å². The van der Waals surface area contributed by atoms with E-state index in [0.717, 1.165) is 0 Å². The van der Waals surface area contributed by atoms with Gasteiger partial charge in [0.1, 0.15) is 5.82 Å². The number of nitrogens with zero attached hydrogens (tertiary/aromatic N) is 1. The molecule has 12 heavy (non-hydrogen) atoms. The van der Waals surface area contributed by atoms with Crippen LogP contribution in [-0.2, 0) is 0 Å². The van der Waals surface area contributed by atoms with E-state index >= 15 is 0 Å². The molecule has 64 valence electrons. The van der Waals surface area contributed by atoms with E-state index in [1.165, 1.54) is 6.07 Å². The van der Waals surface area contributed by atoms with Crippen molar-refractivity contribution in [3.8, 4) is 0 Å². The van der Waals surface area contributed by atoms with Gasteiger partial charge in [0.05, 0.1) is 5.69 Å². The summed E-state index contributed by atoms with van der Waals surface area (Å²) in [6.07, 6.45) is 3.09. The van der Waals surface area contributed by atoms with E-state index in [1.807, 2.05) is 0 Å². The van der Waals surface area contributed by atoms with Gasteiger partial charge in [-0.15, -0.1) is 0 Å². The van der Waals surface area contributed by atoms with Crippen LogP contribution in [0, 0.1) is 5.82 Å². The zero-order chi connectivity index (χ0) is 9.14. The number of nitrogens with two attached hydrogens (primary N) is 1. The van der Waals surface area contributed by atoms with Crippen LogP contribution in [0.15, 0.2) is 18.8 Å². The van der Waals surface area contributed by atoms with Gasteiger partial charge >= 0.3 is 0 Å². The number of hydrogen-bond donors (Lipinski definition) is 1. The first-order chi connectivity index (χ1) is 5.65. The SMILES string of the molecule is C=Cc1cnc([C@H](C)N)c(F)c1. The lowest BCUT2D eigenvalue weighted by Crippen LogP contribution is -2.09. The molecule has 2 nitrogen and oxygen atoms in total. The first-order valence-electron chi connectivity index (χ1n) is 3.68. The topological polar surface area (TPSA) is 38.9 Å². The van der Waals surface area contributed by atoms with E-state index in [4.69, 9.17) is 5.73 Å². The van der Waals surface area contributed by atoms with Crippen LogP contribution in [0.2, 0.25) is 0 Å². The fourth-order valence-corrected chi connectivity index (χ4v) is 0.910. The first-order valence-corrected chi connectivity index (χ1v) is 3.68. The molecular formula is C9H11FN2. The molecule has 0 aromatic carbocycles. The van der Waals surface area contributed by atoms with Crippen LogP contribution in [-0.4, -0.2) is 4.98 Å². The predicted molar refractivity (Wildman–Crippen MR) is 46.9 cm³/mol. The molecule has 0 spiro atoms. The van der Waals surface area contributed by atoms with Crippen molar-refractivity contribution in [1.29, 1.82) is 0 Å². The number of hydrogen-bond acceptors (Lipinski definition) is 2. The Balaban J connectivity index is 3.11. The zero-order valence-corrected chi connectivity index (χ0v) is 6.92. The lowest BCUT2D eigenvalue weighted by Gasteiger charge is -2.05. The molecule has 1 rings (SSSR count). The molecule has 0 radical (unpaired) electrons. The van der Waals surface area contributed by atoms with Crippen LogP contribution in [0.1, 0.15) is 24.2 Å². The van der Waals surface area contributed by atoms with Crippen molar-refractivity contribution in [3.05, 3.63) is 35.9 Å². The van der Waals surface area contributed by atoms with Crippen molar-refractivity contribution in [2.75, 3.05) is 0 Å². The Morgan fingerprint density at radius 1 is 1.75 bits per heavy atom. The van der Waals surface area contributed by atoms with E-state index in [9.17, 15) is 4.39 Å². The summed E-state index contributed by atoms with van der Waals surface area (Å²) in [7, 11) is 0. The summed E-state index contributed by atoms with van der Waals surface area (Å²) in [5, 5.41) is 0. The van der Waals surface area contributed by atoms with Crippen LogP contribution in [0.25, 0.3) is 6.08 Å². The van der Waals surface area contributed by atoms with Crippen LogP contribution in [0.4, 0.5) is 4.39 Å². The molecule has 0 aliphatic carbocycles. The fraction of sp³-hybridized carbons (Fsp3) is 0.222. The molecule has 2 N–H and O–H groups in total. The van der Waals surface area contributed by atoms with Gasteiger partial charge in [-0.25, -0.2) is 4.39 Å². The summed E-state index contributed by atoms with van der Waals surface area (Å²) in [6, 6.07) is 1.00. The van der Waals surface area contributed by atoms with Crippen molar-refractivity contribution in [2.45, 2.75) is 13.0 Å². The second kappa shape index (κ2) is 3.45. The predicted octanol–water partition coefficient (Wildman–Crippen LogP) is 1.88. The highest BCUT2D eigenvalue weighted by molar-refractivity contribution is 5.45. The second-order valence-corrected chi connectivity index (χ2v) is 2.63. The Bertz CT molecular complexity index is 295. The Morgan fingerprint density at radius 3 is 2.83 bits per heavy atom. The molecule has 1 heterocycles. The summed E-state index contributed by atoms with van der Waals surface area (Å²) in [5.74, 6) is -0.373. The number of aromatic nitrogens is 1. The van der Waals surface area contributed by atoms with Crippen molar-refractivity contribution in [2.24, 2.45) is 5.73 Å². The van der Waals surface area contributed by atoms with E-state index in [0.29, 0.717) is 11.3 Å². The molecule has 1 atom stereocenters. The molecule has 0 saturated carbocycles. The number of rotatable bonds is 2. The molecule has 0 bridgehead atoms. The molecule has 0 aliphatic heterocycles. The summed E-state index contributed by atoms with van der Waals surface area (Å²) in [5.41, 5.74) is 6.43. The smallest absolute Gasteiger partial charge is 0.146 e. The average Bonchev–Trinajstić information content (AvgIpc) is 2.03. The van der Waals surface area contributed by atoms with Crippen molar-refractivity contribution in [1.82, 2.24) is 4.98 Å². The average molecular weight is 166 g/mol. The lowest BCUT2D eigenvalue weighted by atomic mass is 10.2.